The van der Waals surface area contributed by atoms with E-state index in [1.54, 1.807) is 0 Å². The van der Waals surface area contributed by atoms with Gasteiger partial charge in [0, 0.05) is 6.54 Å². The molecule has 1 aliphatic heterocycles. The summed E-state index contributed by atoms with van der Waals surface area (Å²) in [5.41, 5.74) is 10.1. The molecular formula is C13H21N5O6. The lowest BCUT2D eigenvalue weighted by Crippen LogP contribution is -2.53. The number of carboxylic acid groups (broad SMARTS) is 1. The van der Waals surface area contributed by atoms with Crippen LogP contribution in [0, 0.1) is 0 Å². The van der Waals surface area contributed by atoms with Gasteiger partial charge in [-0.05, 0) is 12.8 Å². The van der Waals surface area contributed by atoms with E-state index < -0.39 is 48.1 Å². The zero-order chi connectivity index (χ0) is 18.3. The molecule has 2 atom stereocenters. The second-order valence-corrected chi connectivity index (χ2v) is 5.30. The fraction of sp³-hybridized carbons (Fsp3) is 0.615. The monoisotopic (exact) mass is 343 g/mol. The number of nitrogens with zero attached hydrogens (tertiary/aromatic N) is 1. The summed E-state index contributed by atoms with van der Waals surface area (Å²) in [6, 6.07) is -2.31. The third kappa shape index (κ3) is 5.50. The van der Waals surface area contributed by atoms with Crippen molar-refractivity contribution in [3.8, 4) is 0 Å². The van der Waals surface area contributed by atoms with Crippen molar-refractivity contribution in [1.29, 1.82) is 0 Å². The van der Waals surface area contributed by atoms with E-state index in [-0.39, 0.29) is 13.1 Å². The topological polar surface area (TPSA) is 185 Å². The van der Waals surface area contributed by atoms with E-state index in [9.17, 15) is 24.0 Å². The molecule has 0 radical (unpaired) electrons. The Bertz CT molecular complexity index is 537. The molecule has 11 heteroatoms. The van der Waals surface area contributed by atoms with Crippen LogP contribution in [0.3, 0.4) is 0 Å². The molecule has 1 fully saturated rings. The van der Waals surface area contributed by atoms with Gasteiger partial charge in [0.1, 0.15) is 12.1 Å². The normalized spacial score (nSPS) is 17.9. The van der Waals surface area contributed by atoms with Gasteiger partial charge < -0.3 is 32.1 Å². The summed E-state index contributed by atoms with van der Waals surface area (Å²) < 4.78 is 0. The number of nitrogens with two attached hydrogens (primary N) is 2. The number of amides is 4. The van der Waals surface area contributed by atoms with Crippen LogP contribution in [0.4, 0.5) is 0 Å². The number of rotatable bonds is 8. The Morgan fingerprint density at radius 3 is 2.46 bits per heavy atom. The Morgan fingerprint density at radius 1 is 1.25 bits per heavy atom. The highest BCUT2D eigenvalue weighted by molar-refractivity contribution is 5.93. The molecule has 134 valence electrons. The molecule has 1 saturated heterocycles. The Balaban J connectivity index is 2.67. The Hall–Kier alpha value is -2.69. The molecule has 1 heterocycles. The molecule has 7 N–H and O–H groups in total. The van der Waals surface area contributed by atoms with E-state index in [1.165, 1.54) is 4.90 Å². The first-order valence-electron chi connectivity index (χ1n) is 7.34. The van der Waals surface area contributed by atoms with Gasteiger partial charge in [-0.3, -0.25) is 19.2 Å². The summed E-state index contributed by atoms with van der Waals surface area (Å²) in [5.74, 6) is -3.92. The first-order chi connectivity index (χ1) is 11.3. The lowest BCUT2D eigenvalue weighted by Gasteiger charge is -2.25. The average Bonchev–Trinajstić information content (AvgIpc) is 3.00. The smallest absolute Gasteiger partial charge is 0.326 e. The zero-order valence-corrected chi connectivity index (χ0v) is 13.0. The Labute approximate surface area is 137 Å². The number of carbonyl (C=O) groups is 5. The second kappa shape index (κ2) is 8.82. The second-order valence-electron chi connectivity index (χ2n) is 5.30. The van der Waals surface area contributed by atoms with Gasteiger partial charge in [-0.25, -0.2) is 4.79 Å². The number of hydrogen-bond acceptors (Lipinski definition) is 6. The first kappa shape index (κ1) is 19.4. The number of carboxylic acids is 1. The molecular weight excluding hydrogens is 322 g/mol. The van der Waals surface area contributed by atoms with Crippen LogP contribution in [0.2, 0.25) is 0 Å². The van der Waals surface area contributed by atoms with Crippen LogP contribution in [0.5, 0.6) is 0 Å². The predicted octanol–water partition coefficient (Wildman–Crippen LogP) is -3.50. The number of aliphatic carboxylic acids is 1. The largest absolute Gasteiger partial charge is 0.480 e. The highest BCUT2D eigenvalue weighted by Gasteiger charge is 2.36. The van der Waals surface area contributed by atoms with Crippen molar-refractivity contribution in [2.75, 3.05) is 19.6 Å². The third-order valence-corrected chi connectivity index (χ3v) is 3.52. The van der Waals surface area contributed by atoms with Gasteiger partial charge in [0.25, 0.3) is 0 Å². The van der Waals surface area contributed by atoms with Crippen molar-refractivity contribution in [2.45, 2.75) is 31.3 Å². The van der Waals surface area contributed by atoms with Gasteiger partial charge in [-0.1, -0.05) is 0 Å². The summed E-state index contributed by atoms with van der Waals surface area (Å²) in [6.45, 7) is -0.253. The van der Waals surface area contributed by atoms with Gasteiger partial charge in [0.05, 0.1) is 19.5 Å². The Kier molecular flexibility index (Phi) is 7.11. The molecule has 11 nitrogen and oxygen atoms in total. The molecule has 2 unspecified atom stereocenters. The van der Waals surface area contributed by atoms with Gasteiger partial charge in [0.15, 0.2) is 0 Å². The lowest BCUT2D eigenvalue weighted by molar-refractivity contribution is -0.145. The standard InChI is InChI=1S/C13H21N5O6/c14-5-10(20)16-6-11(21)18-3-1-2-8(18)12(22)17-7(13(23)24)4-9(15)19/h7-8H,1-6,14H2,(H2,15,19)(H,16,20)(H,17,22)(H,23,24). The van der Waals surface area contributed by atoms with E-state index in [0.717, 1.165) is 0 Å². The van der Waals surface area contributed by atoms with E-state index in [0.29, 0.717) is 19.4 Å². The molecule has 1 rings (SSSR count). The van der Waals surface area contributed by atoms with Crippen molar-refractivity contribution in [1.82, 2.24) is 15.5 Å². The van der Waals surface area contributed by atoms with Gasteiger partial charge in [0.2, 0.25) is 23.6 Å². The minimum atomic E-state index is -1.45. The van der Waals surface area contributed by atoms with Crippen molar-refractivity contribution in [3.63, 3.8) is 0 Å². The zero-order valence-electron chi connectivity index (χ0n) is 13.0. The Morgan fingerprint density at radius 2 is 1.92 bits per heavy atom. The fourth-order valence-electron chi connectivity index (χ4n) is 2.35. The van der Waals surface area contributed by atoms with Crippen molar-refractivity contribution < 1.29 is 29.1 Å². The summed E-state index contributed by atoms with van der Waals surface area (Å²) in [7, 11) is 0. The van der Waals surface area contributed by atoms with E-state index in [2.05, 4.69) is 10.6 Å². The molecule has 0 aromatic heterocycles. The first-order valence-corrected chi connectivity index (χ1v) is 7.34. The lowest BCUT2D eigenvalue weighted by atomic mass is 10.1. The molecule has 4 amide bonds. The minimum absolute atomic E-state index is 0.259. The summed E-state index contributed by atoms with van der Waals surface area (Å²) in [4.78, 5) is 58.5. The van der Waals surface area contributed by atoms with Crippen LogP contribution in [-0.4, -0.2) is 71.3 Å². The molecule has 0 spiro atoms. The minimum Gasteiger partial charge on any atom is -0.480 e. The molecule has 0 bridgehead atoms. The van der Waals surface area contributed by atoms with Crippen LogP contribution in [0.1, 0.15) is 19.3 Å². The number of carbonyl (C=O) groups excluding carboxylic acids is 4. The van der Waals surface area contributed by atoms with Gasteiger partial charge >= 0.3 is 5.97 Å². The van der Waals surface area contributed by atoms with Crippen molar-refractivity contribution >= 4 is 29.6 Å². The summed E-state index contributed by atoms with van der Waals surface area (Å²) in [5, 5.41) is 13.5. The third-order valence-electron chi connectivity index (χ3n) is 3.52. The average molecular weight is 343 g/mol. The highest BCUT2D eigenvalue weighted by atomic mass is 16.4. The molecule has 24 heavy (non-hydrogen) atoms. The highest BCUT2D eigenvalue weighted by Crippen LogP contribution is 2.17. The molecule has 0 aliphatic carbocycles. The molecule has 0 saturated carbocycles. The van der Waals surface area contributed by atoms with Crippen LogP contribution >= 0.6 is 0 Å². The number of likely N-dealkylation sites (tertiary alicyclic amines) is 1. The van der Waals surface area contributed by atoms with E-state index in [1.807, 2.05) is 0 Å². The molecule has 0 aromatic carbocycles. The van der Waals surface area contributed by atoms with E-state index >= 15 is 0 Å². The maximum absolute atomic E-state index is 12.2. The molecule has 0 aromatic rings. The SMILES string of the molecule is NCC(=O)NCC(=O)N1CCCC1C(=O)NC(CC(N)=O)C(=O)O. The van der Waals surface area contributed by atoms with Crippen LogP contribution < -0.4 is 22.1 Å². The number of nitrogens with one attached hydrogen (secondary N) is 2. The maximum Gasteiger partial charge on any atom is 0.326 e. The quantitative estimate of drug-likeness (QED) is 0.302. The summed E-state index contributed by atoms with van der Waals surface area (Å²) >= 11 is 0. The van der Waals surface area contributed by atoms with Crippen molar-refractivity contribution in [2.24, 2.45) is 11.5 Å². The number of hydrogen-bond donors (Lipinski definition) is 5. The van der Waals surface area contributed by atoms with Gasteiger partial charge in [-0.15, -0.1) is 0 Å². The predicted molar refractivity (Wildman–Crippen MR) is 80.2 cm³/mol. The maximum atomic E-state index is 12.2. The number of primary amides is 1. The van der Waals surface area contributed by atoms with Crippen LogP contribution in [-0.2, 0) is 24.0 Å². The van der Waals surface area contributed by atoms with E-state index in [4.69, 9.17) is 16.6 Å². The van der Waals surface area contributed by atoms with Crippen LogP contribution in [0.25, 0.3) is 0 Å². The van der Waals surface area contributed by atoms with Crippen molar-refractivity contribution in [3.05, 3.63) is 0 Å². The van der Waals surface area contributed by atoms with Gasteiger partial charge in [-0.2, -0.15) is 0 Å². The summed E-state index contributed by atoms with van der Waals surface area (Å²) in [6.07, 6.45) is 0.363. The van der Waals surface area contributed by atoms with Crippen LogP contribution in [0.15, 0.2) is 0 Å². The fourth-order valence-corrected chi connectivity index (χ4v) is 2.35. The molecule has 1 aliphatic rings.